The molecule has 1 aromatic heterocycles. The summed E-state index contributed by atoms with van der Waals surface area (Å²) in [5.74, 6) is -1.48. The fourth-order valence-corrected chi connectivity index (χ4v) is 4.30. The minimum absolute atomic E-state index is 0. The Labute approximate surface area is 285 Å². The van der Waals surface area contributed by atoms with Gasteiger partial charge in [0.15, 0.2) is 0 Å². The molecular weight excluding hydrogens is 683 g/mol. The summed E-state index contributed by atoms with van der Waals surface area (Å²) < 4.78 is 1.18. The quantitative estimate of drug-likeness (QED) is 0.110. The molecule has 0 amide bonds. The van der Waals surface area contributed by atoms with Crippen LogP contribution in [0.3, 0.4) is 0 Å². The number of aryl methyl sites for hydroxylation is 1. The maximum absolute atomic E-state index is 12.4. The third kappa shape index (κ3) is 7.99. The Kier molecular flexibility index (Phi) is 10.9. The minimum atomic E-state index is -0.664. The van der Waals surface area contributed by atoms with Crippen molar-refractivity contribution in [1.29, 1.82) is 0 Å². The summed E-state index contributed by atoms with van der Waals surface area (Å²) in [6.45, 7) is 1.58. The van der Waals surface area contributed by atoms with Crippen molar-refractivity contribution in [2.45, 2.75) is 6.92 Å². The molecule has 0 fully saturated rings. The minimum Gasteiger partial charge on any atom is -0.871 e. The third-order valence-corrected chi connectivity index (χ3v) is 6.68. The van der Waals surface area contributed by atoms with Crippen molar-refractivity contribution in [1.82, 2.24) is 9.78 Å². The van der Waals surface area contributed by atoms with Crippen LogP contribution in [0.1, 0.15) is 5.69 Å². The van der Waals surface area contributed by atoms with Crippen LogP contribution in [-0.2, 0) is 16.8 Å². The Bertz CT molecular complexity index is 2290. The SMILES string of the molecule is Cc1[n-]n(-c2ccccc2)c(=O)c1N=Nc1cc([N+](=O)[O-])ccc1[O-].O=[N+]([O-])c1ccc(N=Nc2c([O-])ccc3ccccc23)c([O-])c1.[Co+3]. The molecule has 1 heterocycles. The van der Waals surface area contributed by atoms with E-state index >= 15 is 0 Å². The summed E-state index contributed by atoms with van der Waals surface area (Å²) >= 11 is 0. The van der Waals surface area contributed by atoms with Gasteiger partial charge >= 0.3 is 16.8 Å². The van der Waals surface area contributed by atoms with Crippen LogP contribution in [0.4, 0.5) is 34.1 Å². The maximum atomic E-state index is 12.4. The molecular formula is C32H20CoN8O8-. The Hall–Kier alpha value is -6.72. The van der Waals surface area contributed by atoms with E-state index in [2.05, 4.69) is 25.6 Å². The van der Waals surface area contributed by atoms with Gasteiger partial charge in [0.05, 0.1) is 26.9 Å². The number of azo groups is 2. The summed E-state index contributed by atoms with van der Waals surface area (Å²) in [6, 6.07) is 25.4. The molecule has 6 aromatic rings. The molecule has 0 aliphatic rings. The fourth-order valence-electron chi connectivity index (χ4n) is 4.30. The first-order chi connectivity index (χ1) is 23.0. The zero-order valence-electron chi connectivity index (χ0n) is 25.0. The number of nitro benzene ring substituents is 2. The fraction of sp³-hybridized carbons (Fsp3) is 0.0312. The van der Waals surface area contributed by atoms with Gasteiger partial charge in [-0.2, -0.15) is 15.3 Å². The Morgan fingerprint density at radius 2 is 1.22 bits per heavy atom. The standard InChI is InChI=1S/C16H13N5O4.C16H11N3O4.Co/c1-10-15(16(23)20(19-10)11-5-3-2-4-6-11)18-17-13-9-12(21(24)25)7-8-14(13)22;20-14-8-5-10-3-1-2-4-12(10)16(14)18-17-13-7-6-11(19(22)23)9-15(13)21;/h2-9H,1H3,(H2,17,18,19,22,23);1-9,20-21H;/q;;+3/p-4. The number of non-ortho nitro benzene ring substituents is 2. The van der Waals surface area contributed by atoms with Gasteiger partial charge in [0.25, 0.3) is 16.9 Å². The van der Waals surface area contributed by atoms with Crippen molar-refractivity contribution in [3.05, 3.63) is 139 Å². The normalized spacial score (nSPS) is 10.9. The van der Waals surface area contributed by atoms with Crippen LogP contribution >= 0.6 is 0 Å². The van der Waals surface area contributed by atoms with Gasteiger partial charge in [-0.3, -0.25) is 25.0 Å². The molecule has 0 spiro atoms. The number of nitro groups is 2. The predicted molar refractivity (Wildman–Crippen MR) is 167 cm³/mol. The van der Waals surface area contributed by atoms with Crippen LogP contribution in [0.25, 0.3) is 16.5 Å². The maximum Gasteiger partial charge on any atom is 3.00 e. The molecule has 246 valence electrons. The molecule has 6 rings (SSSR count). The van der Waals surface area contributed by atoms with Crippen LogP contribution in [0.15, 0.2) is 128 Å². The van der Waals surface area contributed by atoms with Gasteiger partial charge in [-0.05, 0) is 23.6 Å². The van der Waals surface area contributed by atoms with E-state index in [9.17, 15) is 40.3 Å². The molecule has 17 heteroatoms. The van der Waals surface area contributed by atoms with Gasteiger partial charge in [-0.15, -0.1) is 10.8 Å². The third-order valence-electron chi connectivity index (χ3n) is 6.68. The van der Waals surface area contributed by atoms with Crippen molar-refractivity contribution in [2.24, 2.45) is 20.5 Å². The second-order valence-electron chi connectivity index (χ2n) is 9.84. The number of aromatic nitrogens is 2. The first-order valence-electron chi connectivity index (χ1n) is 13.8. The van der Waals surface area contributed by atoms with Crippen LogP contribution in [0.2, 0.25) is 0 Å². The number of fused-ring (bicyclic) bond motifs is 1. The van der Waals surface area contributed by atoms with Crippen molar-refractivity contribution in [3.63, 3.8) is 0 Å². The van der Waals surface area contributed by atoms with Gasteiger partial charge in [0, 0.05) is 35.3 Å². The molecule has 0 saturated carbocycles. The van der Waals surface area contributed by atoms with Gasteiger partial charge in [-0.25, -0.2) is 0 Å². The molecule has 0 saturated heterocycles. The Morgan fingerprint density at radius 1 is 0.633 bits per heavy atom. The predicted octanol–water partition coefficient (Wildman–Crippen LogP) is 5.81. The largest absolute Gasteiger partial charge is 3.00 e. The summed E-state index contributed by atoms with van der Waals surface area (Å²) in [6.07, 6.45) is 0. The summed E-state index contributed by atoms with van der Waals surface area (Å²) in [5, 5.41) is 77.6. The smallest absolute Gasteiger partial charge is 0.871 e. The number of benzene rings is 5. The molecule has 5 aromatic carbocycles. The van der Waals surface area contributed by atoms with Crippen molar-refractivity contribution >= 4 is 44.9 Å². The van der Waals surface area contributed by atoms with Crippen LogP contribution in [-0.4, -0.2) is 14.5 Å². The molecule has 49 heavy (non-hydrogen) atoms. The van der Waals surface area contributed by atoms with Gasteiger partial charge in [0.2, 0.25) is 0 Å². The molecule has 0 unspecified atom stereocenters. The van der Waals surface area contributed by atoms with Crippen LogP contribution in [0.5, 0.6) is 17.2 Å². The molecule has 16 nitrogen and oxygen atoms in total. The van der Waals surface area contributed by atoms with Crippen molar-refractivity contribution < 1.29 is 41.9 Å². The van der Waals surface area contributed by atoms with Gasteiger partial charge in [-0.1, -0.05) is 84.8 Å². The Morgan fingerprint density at radius 3 is 1.92 bits per heavy atom. The van der Waals surface area contributed by atoms with E-state index in [0.717, 1.165) is 35.7 Å². The van der Waals surface area contributed by atoms with E-state index in [-0.39, 0.29) is 56.7 Å². The average Bonchev–Trinajstić information content (AvgIpc) is 3.37. The van der Waals surface area contributed by atoms with E-state index < -0.39 is 26.9 Å². The molecule has 0 radical (unpaired) electrons. The topological polar surface area (TPSA) is 241 Å². The molecule has 0 aliphatic carbocycles. The van der Waals surface area contributed by atoms with Crippen LogP contribution < -0.4 is 26.0 Å². The second kappa shape index (κ2) is 15.2. The summed E-state index contributed by atoms with van der Waals surface area (Å²) in [5.41, 5.74) is -0.395. The monoisotopic (exact) mass is 703 g/mol. The molecule has 0 atom stereocenters. The molecule has 0 bridgehead atoms. The number of para-hydroxylation sites is 1. The first-order valence-corrected chi connectivity index (χ1v) is 13.8. The average molecular weight is 703 g/mol. The molecule has 0 N–H and O–H groups in total. The number of nitrogens with zero attached hydrogens (tertiary/aromatic N) is 8. The second-order valence-corrected chi connectivity index (χ2v) is 9.84. The van der Waals surface area contributed by atoms with E-state index in [0.29, 0.717) is 16.8 Å². The number of hydrogen-bond donors (Lipinski definition) is 0. The summed E-state index contributed by atoms with van der Waals surface area (Å²) in [4.78, 5) is 32.5. The zero-order chi connectivity index (χ0) is 34.4. The van der Waals surface area contributed by atoms with E-state index in [1.165, 1.54) is 16.8 Å². The van der Waals surface area contributed by atoms with E-state index in [4.69, 9.17) is 0 Å². The van der Waals surface area contributed by atoms with Crippen LogP contribution in [0, 0.1) is 27.2 Å². The van der Waals surface area contributed by atoms with E-state index in [1.54, 1.807) is 49.4 Å². The van der Waals surface area contributed by atoms with Crippen molar-refractivity contribution in [2.75, 3.05) is 0 Å². The van der Waals surface area contributed by atoms with E-state index in [1.807, 2.05) is 18.2 Å². The molecule has 0 aliphatic heterocycles. The summed E-state index contributed by atoms with van der Waals surface area (Å²) in [7, 11) is 0. The number of hydrogen-bond acceptors (Lipinski definition) is 12. The number of rotatable bonds is 7. The zero-order valence-corrected chi connectivity index (χ0v) is 26.0. The Balaban J connectivity index is 0.000000217. The van der Waals surface area contributed by atoms with Crippen molar-refractivity contribution in [3.8, 4) is 22.9 Å². The van der Waals surface area contributed by atoms with Gasteiger partial charge < -0.3 is 25.1 Å². The van der Waals surface area contributed by atoms with Gasteiger partial charge in [0.1, 0.15) is 5.69 Å². The first kappa shape index (κ1) is 35.1.